The van der Waals surface area contributed by atoms with Crippen molar-refractivity contribution in [3.05, 3.63) is 70.9 Å². The van der Waals surface area contributed by atoms with Crippen LogP contribution >= 0.6 is 12.2 Å². The third-order valence-corrected chi connectivity index (χ3v) is 5.99. The van der Waals surface area contributed by atoms with Gasteiger partial charge in [0.2, 0.25) is 0 Å². The van der Waals surface area contributed by atoms with E-state index in [1.807, 2.05) is 48.2 Å². The van der Waals surface area contributed by atoms with Gasteiger partial charge < -0.3 is 19.7 Å². The number of nitrogens with zero attached hydrogens (tertiary/aromatic N) is 3. The Morgan fingerprint density at radius 3 is 2.69 bits per heavy atom. The smallest absolute Gasteiger partial charge is 0.254 e. The molecule has 1 atom stereocenters. The van der Waals surface area contributed by atoms with Gasteiger partial charge in [-0.1, -0.05) is 24.3 Å². The number of para-hydroxylation sites is 2. The number of thiocarbonyl (C=S) groups is 1. The number of ether oxygens (including phenoxy) is 2. The quantitative estimate of drug-likeness (QED) is 0.720. The minimum Gasteiger partial charge on any atom is -0.495 e. The number of hydrogen-bond donors (Lipinski definition) is 1. The lowest BCUT2D eigenvalue weighted by atomic mass is 9.92. The topological polar surface area (TPSA) is 77.8 Å². The van der Waals surface area contributed by atoms with E-state index in [0.29, 0.717) is 48.3 Å². The number of methoxy groups -OCH3 is 1. The third kappa shape index (κ3) is 4.05. The molecule has 1 saturated heterocycles. The second-order valence-corrected chi connectivity index (χ2v) is 7.92. The Morgan fingerprint density at radius 1 is 1.22 bits per heavy atom. The summed E-state index contributed by atoms with van der Waals surface area (Å²) >= 11 is 5.74. The molecule has 0 saturated carbocycles. The van der Waals surface area contributed by atoms with E-state index in [-0.39, 0.29) is 5.91 Å². The van der Waals surface area contributed by atoms with Gasteiger partial charge in [-0.15, -0.1) is 0 Å². The Kier molecular flexibility index (Phi) is 6.40. The number of allylic oxidation sites excluding steroid dienone is 1. The SMILES string of the molecule is COc1ccccc1N1C(=S)NC(c2cccc(C#N)c2)C(C(=O)N2CCOCC2)=C1C. The lowest BCUT2D eigenvalue weighted by Crippen LogP contribution is -2.51. The summed E-state index contributed by atoms with van der Waals surface area (Å²) < 4.78 is 11.0. The summed E-state index contributed by atoms with van der Waals surface area (Å²) in [4.78, 5) is 17.4. The molecular weight excluding hydrogens is 424 g/mol. The van der Waals surface area contributed by atoms with Crippen LogP contribution in [0.25, 0.3) is 0 Å². The van der Waals surface area contributed by atoms with E-state index >= 15 is 0 Å². The number of carbonyl (C=O) groups excluding carboxylic acids is 1. The number of nitriles is 1. The number of morpholine rings is 1. The summed E-state index contributed by atoms with van der Waals surface area (Å²) in [5.74, 6) is 0.576. The standard InChI is InChI=1S/C24H24N4O3S/c1-16-21(23(29)27-10-12-31-13-11-27)22(18-7-5-6-17(14-18)15-25)26-24(32)28(16)19-8-3-4-9-20(19)30-2/h3-9,14,22H,10-13H2,1-2H3,(H,26,32). The maximum absolute atomic E-state index is 13.7. The Bertz CT molecular complexity index is 1120. The summed E-state index contributed by atoms with van der Waals surface area (Å²) in [5, 5.41) is 13.2. The van der Waals surface area contributed by atoms with Crippen LogP contribution in [0.4, 0.5) is 5.69 Å². The number of amides is 1. The molecule has 2 heterocycles. The van der Waals surface area contributed by atoms with E-state index in [1.165, 1.54) is 0 Å². The molecule has 1 amide bonds. The zero-order valence-corrected chi connectivity index (χ0v) is 18.8. The van der Waals surface area contributed by atoms with Gasteiger partial charge in [0.1, 0.15) is 5.75 Å². The highest BCUT2D eigenvalue weighted by Gasteiger charge is 2.37. The van der Waals surface area contributed by atoms with E-state index < -0.39 is 6.04 Å². The van der Waals surface area contributed by atoms with Crippen molar-refractivity contribution in [2.45, 2.75) is 13.0 Å². The van der Waals surface area contributed by atoms with Gasteiger partial charge in [0.25, 0.3) is 5.91 Å². The fraction of sp³-hybridized carbons (Fsp3) is 0.292. The lowest BCUT2D eigenvalue weighted by molar-refractivity contribution is -0.131. The molecule has 0 bridgehead atoms. The Labute approximate surface area is 192 Å². The van der Waals surface area contributed by atoms with Crippen molar-refractivity contribution < 1.29 is 14.3 Å². The second-order valence-electron chi connectivity index (χ2n) is 7.53. The molecule has 7 nitrogen and oxygen atoms in total. The van der Waals surface area contributed by atoms with E-state index in [1.54, 1.807) is 24.1 Å². The molecule has 2 aliphatic heterocycles. The highest BCUT2D eigenvalue weighted by Crippen LogP contribution is 2.38. The summed E-state index contributed by atoms with van der Waals surface area (Å²) in [7, 11) is 1.61. The molecule has 8 heteroatoms. The minimum absolute atomic E-state index is 0.0759. The number of anilines is 1. The third-order valence-electron chi connectivity index (χ3n) is 5.69. The van der Waals surface area contributed by atoms with Gasteiger partial charge in [-0.2, -0.15) is 5.26 Å². The molecule has 2 aromatic carbocycles. The zero-order chi connectivity index (χ0) is 22.7. The molecular formula is C24H24N4O3S. The van der Waals surface area contributed by atoms with Crippen LogP contribution in [0.2, 0.25) is 0 Å². The second kappa shape index (κ2) is 9.39. The van der Waals surface area contributed by atoms with Crippen LogP contribution in [-0.4, -0.2) is 49.3 Å². The molecule has 4 rings (SSSR count). The van der Waals surface area contributed by atoms with Gasteiger partial charge in [0.15, 0.2) is 5.11 Å². The fourth-order valence-corrected chi connectivity index (χ4v) is 4.45. The van der Waals surface area contributed by atoms with E-state index in [2.05, 4.69) is 11.4 Å². The first-order chi connectivity index (χ1) is 15.5. The fourth-order valence-electron chi connectivity index (χ4n) is 4.10. The number of benzene rings is 2. The van der Waals surface area contributed by atoms with Crippen molar-refractivity contribution in [3.8, 4) is 11.8 Å². The molecule has 1 N–H and O–H groups in total. The first-order valence-electron chi connectivity index (χ1n) is 10.4. The van der Waals surface area contributed by atoms with Crippen LogP contribution in [0, 0.1) is 11.3 Å². The Balaban J connectivity index is 1.86. The molecule has 0 aliphatic carbocycles. The van der Waals surface area contributed by atoms with E-state index in [4.69, 9.17) is 21.7 Å². The predicted molar refractivity (Wildman–Crippen MR) is 125 cm³/mol. The summed E-state index contributed by atoms with van der Waals surface area (Å²) in [6.45, 7) is 3.97. The number of carbonyl (C=O) groups is 1. The summed E-state index contributed by atoms with van der Waals surface area (Å²) in [6.07, 6.45) is 0. The van der Waals surface area contributed by atoms with Crippen LogP contribution in [0.3, 0.4) is 0 Å². The van der Waals surface area contributed by atoms with Gasteiger partial charge in [-0.05, 0) is 49.0 Å². The van der Waals surface area contributed by atoms with Crippen molar-refractivity contribution in [2.75, 3.05) is 38.3 Å². The van der Waals surface area contributed by atoms with Crippen molar-refractivity contribution >= 4 is 28.9 Å². The van der Waals surface area contributed by atoms with E-state index in [0.717, 1.165) is 16.9 Å². The van der Waals surface area contributed by atoms with Gasteiger partial charge in [0.05, 0.1) is 49.3 Å². The minimum atomic E-state index is -0.475. The first kappa shape index (κ1) is 21.8. The predicted octanol–water partition coefficient (Wildman–Crippen LogP) is 3.14. The Morgan fingerprint density at radius 2 is 1.97 bits per heavy atom. The molecule has 2 aliphatic rings. The van der Waals surface area contributed by atoms with Gasteiger partial charge in [0, 0.05) is 18.8 Å². The zero-order valence-electron chi connectivity index (χ0n) is 18.0. The summed E-state index contributed by atoms with van der Waals surface area (Å²) in [6, 6.07) is 16.5. The van der Waals surface area contributed by atoms with Crippen molar-refractivity contribution in [1.29, 1.82) is 5.26 Å². The largest absolute Gasteiger partial charge is 0.495 e. The molecule has 0 aromatic heterocycles. The van der Waals surface area contributed by atoms with Crippen LogP contribution in [0.1, 0.15) is 24.1 Å². The highest BCUT2D eigenvalue weighted by molar-refractivity contribution is 7.80. The molecule has 2 aromatic rings. The van der Waals surface area contributed by atoms with Gasteiger partial charge in [-0.25, -0.2) is 0 Å². The number of nitrogens with one attached hydrogen (secondary N) is 1. The average molecular weight is 449 g/mol. The highest BCUT2D eigenvalue weighted by atomic mass is 32.1. The Hall–Kier alpha value is -3.41. The van der Waals surface area contributed by atoms with Crippen LogP contribution in [0.5, 0.6) is 5.75 Å². The molecule has 1 unspecified atom stereocenters. The first-order valence-corrected chi connectivity index (χ1v) is 10.8. The van der Waals surface area contributed by atoms with Gasteiger partial charge >= 0.3 is 0 Å². The molecule has 32 heavy (non-hydrogen) atoms. The molecule has 0 radical (unpaired) electrons. The monoisotopic (exact) mass is 448 g/mol. The molecule has 164 valence electrons. The maximum Gasteiger partial charge on any atom is 0.254 e. The maximum atomic E-state index is 13.7. The normalized spacial score (nSPS) is 18.8. The van der Waals surface area contributed by atoms with Crippen molar-refractivity contribution in [2.24, 2.45) is 0 Å². The molecule has 1 fully saturated rings. The lowest BCUT2D eigenvalue weighted by Gasteiger charge is -2.40. The average Bonchev–Trinajstić information content (AvgIpc) is 2.84. The van der Waals surface area contributed by atoms with Crippen LogP contribution < -0.4 is 15.0 Å². The van der Waals surface area contributed by atoms with Crippen LogP contribution in [-0.2, 0) is 9.53 Å². The van der Waals surface area contributed by atoms with Crippen molar-refractivity contribution in [3.63, 3.8) is 0 Å². The van der Waals surface area contributed by atoms with Gasteiger partial charge in [-0.3, -0.25) is 9.69 Å². The summed E-state index contributed by atoms with van der Waals surface area (Å²) in [5.41, 5.74) is 3.39. The number of hydrogen-bond acceptors (Lipinski definition) is 5. The van der Waals surface area contributed by atoms with Crippen LogP contribution in [0.15, 0.2) is 59.8 Å². The van der Waals surface area contributed by atoms with Crippen molar-refractivity contribution in [1.82, 2.24) is 10.2 Å². The molecule has 0 spiro atoms. The van der Waals surface area contributed by atoms with E-state index in [9.17, 15) is 10.1 Å². The number of rotatable bonds is 4.